The second-order valence-electron chi connectivity index (χ2n) is 4.76. The fraction of sp³-hybridized carbons (Fsp3) is 0.667. The van der Waals surface area contributed by atoms with Gasteiger partial charge in [-0.3, -0.25) is 0 Å². The van der Waals surface area contributed by atoms with Gasteiger partial charge in [-0.25, -0.2) is 9.97 Å². The first-order chi connectivity index (χ1) is 7.87. The summed E-state index contributed by atoms with van der Waals surface area (Å²) in [6, 6.07) is 1.72. The minimum atomic E-state index is -0.132. The Balaban J connectivity index is 2.27. The fourth-order valence-electron chi connectivity index (χ4n) is 1.22. The molecule has 0 atom stereocenters. The molecule has 0 fully saturated rings. The maximum absolute atomic E-state index is 5.82. The second-order valence-corrected chi connectivity index (χ2v) is 5.15. The topological polar surface area (TPSA) is 44.2 Å². The van der Waals surface area contributed by atoms with Gasteiger partial charge in [-0.15, -0.1) is 0 Å². The Kier molecular flexibility index (Phi) is 5.31. The predicted molar refractivity (Wildman–Crippen MR) is 67.1 cm³/mol. The Bertz CT molecular complexity index is 344. The summed E-state index contributed by atoms with van der Waals surface area (Å²) in [4.78, 5) is 8.29. The maximum atomic E-state index is 5.82. The lowest BCUT2D eigenvalue weighted by atomic mass is 10.2. The van der Waals surface area contributed by atoms with Crippen molar-refractivity contribution in [3.8, 4) is 0 Å². The fourth-order valence-corrected chi connectivity index (χ4v) is 1.48. The van der Waals surface area contributed by atoms with Crippen LogP contribution in [0.1, 0.15) is 32.3 Å². The molecule has 1 rings (SSSR count). The number of aromatic nitrogens is 2. The van der Waals surface area contributed by atoms with Crippen molar-refractivity contribution in [2.24, 2.45) is 0 Å². The third-order valence-corrected chi connectivity index (χ3v) is 2.06. The Hall–Kier alpha value is -0.710. The molecule has 5 heteroatoms. The average molecular weight is 259 g/mol. The molecule has 0 aliphatic heterocycles. The highest BCUT2D eigenvalue weighted by atomic mass is 35.5. The van der Waals surface area contributed by atoms with Crippen LogP contribution in [-0.4, -0.2) is 28.8 Å². The van der Waals surface area contributed by atoms with Crippen LogP contribution < -0.4 is 0 Å². The van der Waals surface area contributed by atoms with Crippen LogP contribution >= 0.6 is 11.6 Å². The zero-order valence-corrected chi connectivity index (χ0v) is 11.5. The van der Waals surface area contributed by atoms with E-state index >= 15 is 0 Å². The van der Waals surface area contributed by atoms with Gasteiger partial charge in [0.1, 0.15) is 11.8 Å². The highest BCUT2D eigenvalue weighted by Gasteiger charge is 2.09. The largest absolute Gasteiger partial charge is 0.373 e. The molecule has 0 N–H and O–H groups in total. The first-order valence-electron chi connectivity index (χ1n) is 5.58. The van der Waals surface area contributed by atoms with Crippen molar-refractivity contribution in [1.29, 1.82) is 0 Å². The van der Waals surface area contributed by atoms with Crippen molar-refractivity contribution < 1.29 is 9.47 Å². The van der Waals surface area contributed by atoms with Gasteiger partial charge < -0.3 is 9.47 Å². The minimum Gasteiger partial charge on any atom is -0.373 e. The molecule has 0 saturated carbocycles. The molecule has 17 heavy (non-hydrogen) atoms. The highest BCUT2D eigenvalue weighted by molar-refractivity contribution is 6.29. The number of nitrogens with zero attached hydrogens (tertiary/aromatic N) is 2. The molecule has 4 nitrogen and oxygen atoms in total. The van der Waals surface area contributed by atoms with Crippen LogP contribution in [-0.2, 0) is 16.1 Å². The third kappa shape index (κ3) is 6.56. The quantitative estimate of drug-likeness (QED) is 0.602. The van der Waals surface area contributed by atoms with Crippen LogP contribution in [0.25, 0.3) is 0 Å². The molecule has 0 aromatic carbocycles. The first kappa shape index (κ1) is 14.4. The van der Waals surface area contributed by atoms with E-state index in [1.807, 2.05) is 27.7 Å². The summed E-state index contributed by atoms with van der Waals surface area (Å²) >= 11 is 5.82. The lowest BCUT2D eigenvalue weighted by Crippen LogP contribution is -2.21. The first-order valence-corrected chi connectivity index (χ1v) is 5.96. The van der Waals surface area contributed by atoms with Gasteiger partial charge >= 0.3 is 0 Å². The van der Waals surface area contributed by atoms with Crippen LogP contribution in [0.3, 0.4) is 0 Å². The molecular formula is C12H19ClN2O2. The molecule has 0 aliphatic rings. The van der Waals surface area contributed by atoms with Crippen LogP contribution in [0, 0.1) is 6.92 Å². The molecule has 96 valence electrons. The SMILES string of the molecule is Cc1cc(Cl)nc(COCCOC(C)(C)C)n1. The van der Waals surface area contributed by atoms with E-state index in [1.165, 1.54) is 0 Å². The van der Waals surface area contributed by atoms with Crippen LogP contribution in [0.2, 0.25) is 5.15 Å². The lowest BCUT2D eigenvalue weighted by Gasteiger charge is -2.19. The van der Waals surface area contributed by atoms with Crippen LogP contribution in [0.5, 0.6) is 0 Å². The van der Waals surface area contributed by atoms with E-state index in [9.17, 15) is 0 Å². The van der Waals surface area contributed by atoms with Crippen molar-refractivity contribution in [1.82, 2.24) is 9.97 Å². The summed E-state index contributed by atoms with van der Waals surface area (Å²) in [7, 11) is 0. The van der Waals surface area contributed by atoms with Crippen molar-refractivity contribution in [3.05, 3.63) is 22.7 Å². The van der Waals surface area contributed by atoms with Crippen molar-refractivity contribution in [2.45, 2.75) is 39.9 Å². The molecular weight excluding hydrogens is 240 g/mol. The Morgan fingerprint density at radius 2 is 1.94 bits per heavy atom. The number of rotatable bonds is 5. The lowest BCUT2D eigenvalue weighted by molar-refractivity contribution is -0.0384. The van der Waals surface area contributed by atoms with E-state index in [-0.39, 0.29) is 5.60 Å². The maximum Gasteiger partial charge on any atom is 0.155 e. The molecule has 0 unspecified atom stereocenters. The normalized spacial score (nSPS) is 11.8. The van der Waals surface area contributed by atoms with Gasteiger partial charge in [-0.05, 0) is 33.8 Å². The van der Waals surface area contributed by atoms with Gasteiger partial charge in [0.2, 0.25) is 0 Å². The van der Waals surface area contributed by atoms with E-state index in [0.717, 1.165) is 5.69 Å². The Morgan fingerprint density at radius 1 is 1.24 bits per heavy atom. The zero-order chi connectivity index (χ0) is 12.9. The number of hydrogen-bond acceptors (Lipinski definition) is 4. The molecule has 0 bridgehead atoms. The third-order valence-electron chi connectivity index (χ3n) is 1.86. The molecule has 1 aromatic heterocycles. The van der Waals surface area contributed by atoms with E-state index in [0.29, 0.717) is 30.8 Å². The van der Waals surface area contributed by atoms with Crippen LogP contribution in [0.4, 0.5) is 0 Å². The predicted octanol–water partition coefficient (Wildman–Crippen LogP) is 2.77. The number of hydrogen-bond donors (Lipinski definition) is 0. The summed E-state index contributed by atoms with van der Waals surface area (Å²) in [5.41, 5.74) is 0.710. The van der Waals surface area contributed by atoms with E-state index < -0.39 is 0 Å². The molecule has 0 amide bonds. The second kappa shape index (κ2) is 6.28. The molecule has 0 aliphatic carbocycles. The molecule has 0 spiro atoms. The monoisotopic (exact) mass is 258 g/mol. The van der Waals surface area contributed by atoms with E-state index in [1.54, 1.807) is 6.07 Å². The van der Waals surface area contributed by atoms with Gasteiger partial charge in [-0.1, -0.05) is 11.6 Å². The molecule has 0 saturated heterocycles. The standard InChI is InChI=1S/C12H19ClN2O2/c1-9-7-10(13)15-11(14-9)8-16-5-6-17-12(2,3)4/h7H,5-6,8H2,1-4H3. The van der Waals surface area contributed by atoms with Crippen molar-refractivity contribution in [3.63, 3.8) is 0 Å². The zero-order valence-electron chi connectivity index (χ0n) is 10.8. The van der Waals surface area contributed by atoms with Gasteiger partial charge in [-0.2, -0.15) is 0 Å². The Morgan fingerprint density at radius 3 is 2.53 bits per heavy atom. The van der Waals surface area contributed by atoms with E-state index in [4.69, 9.17) is 21.1 Å². The summed E-state index contributed by atoms with van der Waals surface area (Å²) in [5, 5.41) is 0.446. The summed E-state index contributed by atoms with van der Waals surface area (Å²) in [6.07, 6.45) is 0. The Labute approximate surface area is 107 Å². The van der Waals surface area contributed by atoms with Gasteiger partial charge in [0, 0.05) is 5.69 Å². The summed E-state index contributed by atoms with van der Waals surface area (Å²) in [5.74, 6) is 0.603. The molecule has 1 aromatic rings. The van der Waals surface area contributed by atoms with Gasteiger partial charge in [0.25, 0.3) is 0 Å². The van der Waals surface area contributed by atoms with Gasteiger partial charge in [0.15, 0.2) is 5.82 Å². The molecule has 1 heterocycles. The summed E-state index contributed by atoms with van der Waals surface area (Å²) < 4.78 is 10.9. The van der Waals surface area contributed by atoms with Crippen LogP contribution in [0.15, 0.2) is 6.07 Å². The van der Waals surface area contributed by atoms with Crippen molar-refractivity contribution in [2.75, 3.05) is 13.2 Å². The van der Waals surface area contributed by atoms with Crippen molar-refractivity contribution >= 4 is 11.6 Å². The number of ether oxygens (including phenoxy) is 2. The smallest absolute Gasteiger partial charge is 0.155 e. The molecule has 0 radical (unpaired) electrons. The highest BCUT2D eigenvalue weighted by Crippen LogP contribution is 2.08. The number of halogens is 1. The number of aryl methyl sites for hydroxylation is 1. The van der Waals surface area contributed by atoms with Gasteiger partial charge in [0.05, 0.1) is 18.8 Å². The summed E-state index contributed by atoms with van der Waals surface area (Å²) in [6.45, 7) is 9.34. The average Bonchev–Trinajstić information content (AvgIpc) is 2.13. The van der Waals surface area contributed by atoms with E-state index in [2.05, 4.69) is 9.97 Å². The minimum absolute atomic E-state index is 0.132.